The molecular weight excluding hydrogens is 218 g/mol. The van der Waals surface area contributed by atoms with Crippen molar-refractivity contribution >= 4 is 5.82 Å². The van der Waals surface area contributed by atoms with Crippen LogP contribution in [0.3, 0.4) is 0 Å². The first-order chi connectivity index (χ1) is 8.22. The average Bonchev–Trinajstić information content (AvgIpc) is 2.39. The smallest absolute Gasteiger partial charge is 0.358 e. The van der Waals surface area contributed by atoms with E-state index in [4.69, 9.17) is 5.26 Å². The molecule has 0 aliphatic carbocycles. The van der Waals surface area contributed by atoms with Gasteiger partial charge in [-0.05, 0) is 21.5 Å². The Morgan fingerprint density at radius 2 is 1.88 bits per heavy atom. The molecular formula is C12H7N3O2. The molecule has 0 N–H and O–H groups in total. The van der Waals surface area contributed by atoms with E-state index in [2.05, 4.69) is 4.98 Å². The maximum atomic E-state index is 10.6. The zero-order valence-corrected chi connectivity index (χ0v) is 8.70. The Labute approximate surface area is 97.1 Å². The molecule has 1 aromatic carbocycles. The highest BCUT2D eigenvalue weighted by Gasteiger charge is 2.15. The van der Waals surface area contributed by atoms with Gasteiger partial charge in [-0.3, -0.25) is 0 Å². The van der Waals surface area contributed by atoms with Crippen molar-refractivity contribution in [2.24, 2.45) is 0 Å². The summed E-state index contributed by atoms with van der Waals surface area (Å²) in [6.45, 7) is 0. The fourth-order valence-electron chi connectivity index (χ4n) is 1.49. The fraction of sp³-hybridized carbons (Fsp3) is 0. The van der Waals surface area contributed by atoms with E-state index in [1.807, 2.05) is 36.4 Å². The van der Waals surface area contributed by atoms with Gasteiger partial charge in [-0.15, -0.1) is 0 Å². The molecule has 0 fully saturated rings. The van der Waals surface area contributed by atoms with Gasteiger partial charge in [-0.2, -0.15) is 5.26 Å². The highest BCUT2D eigenvalue weighted by atomic mass is 16.6. The summed E-state index contributed by atoms with van der Waals surface area (Å²) < 4.78 is 0. The van der Waals surface area contributed by atoms with E-state index in [0.29, 0.717) is 5.56 Å². The average molecular weight is 225 g/mol. The molecule has 0 atom stereocenters. The second-order valence-electron chi connectivity index (χ2n) is 3.30. The molecule has 17 heavy (non-hydrogen) atoms. The van der Waals surface area contributed by atoms with Gasteiger partial charge in [-0.25, -0.2) is 0 Å². The molecule has 2 rings (SSSR count). The molecule has 0 aliphatic rings. The monoisotopic (exact) mass is 225 g/mol. The molecule has 0 amide bonds. The summed E-state index contributed by atoms with van der Waals surface area (Å²) >= 11 is 0. The number of nitrogens with zero attached hydrogens (tertiary/aromatic N) is 3. The number of rotatable bonds is 2. The van der Waals surface area contributed by atoms with Crippen molar-refractivity contribution in [3.8, 4) is 17.2 Å². The van der Waals surface area contributed by atoms with Crippen LogP contribution < -0.4 is 0 Å². The molecule has 0 aliphatic heterocycles. The number of hydrogen-bond acceptors (Lipinski definition) is 4. The zero-order valence-electron chi connectivity index (χ0n) is 8.70. The zero-order chi connectivity index (χ0) is 12.3. The van der Waals surface area contributed by atoms with Gasteiger partial charge >= 0.3 is 5.82 Å². The lowest BCUT2D eigenvalue weighted by Crippen LogP contribution is -1.96. The van der Waals surface area contributed by atoms with Crippen molar-refractivity contribution in [1.82, 2.24) is 4.98 Å². The van der Waals surface area contributed by atoms with Crippen LogP contribution in [0.15, 0.2) is 42.5 Å². The van der Waals surface area contributed by atoms with Crippen LogP contribution in [0.5, 0.6) is 0 Å². The Morgan fingerprint density at radius 3 is 2.47 bits per heavy atom. The van der Waals surface area contributed by atoms with Crippen LogP contribution in [-0.2, 0) is 0 Å². The third-order valence-corrected chi connectivity index (χ3v) is 2.26. The molecule has 5 heteroatoms. The number of hydrogen-bond donors (Lipinski definition) is 0. The van der Waals surface area contributed by atoms with Gasteiger partial charge in [0.15, 0.2) is 0 Å². The highest BCUT2D eigenvalue weighted by Crippen LogP contribution is 2.23. The molecule has 82 valence electrons. The molecule has 0 bridgehead atoms. The van der Waals surface area contributed by atoms with Gasteiger partial charge in [-0.1, -0.05) is 30.3 Å². The molecule has 1 aromatic heterocycles. The van der Waals surface area contributed by atoms with E-state index in [9.17, 15) is 10.1 Å². The first-order valence-corrected chi connectivity index (χ1v) is 4.83. The van der Waals surface area contributed by atoms with Gasteiger partial charge in [0, 0.05) is 11.6 Å². The van der Waals surface area contributed by atoms with Gasteiger partial charge in [0.1, 0.15) is 6.07 Å². The van der Waals surface area contributed by atoms with Crippen molar-refractivity contribution in [1.29, 1.82) is 5.26 Å². The topological polar surface area (TPSA) is 79.8 Å². The van der Waals surface area contributed by atoms with Crippen LogP contribution in [0.2, 0.25) is 0 Å². The lowest BCUT2D eigenvalue weighted by molar-refractivity contribution is -0.389. The molecule has 5 nitrogen and oxygen atoms in total. The van der Waals surface area contributed by atoms with E-state index in [0.717, 1.165) is 5.56 Å². The number of nitriles is 1. The Hall–Kier alpha value is -2.74. The summed E-state index contributed by atoms with van der Waals surface area (Å²) in [5, 5.41) is 19.5. The minimum Gasteiger partial charge on any atom is -0.358 e. The molecule has 2 aromatic rings. The lowest BCUT2D eigenvalue weighted by atomic mass is 10.0. The quantitative estimate of drug-likeness (QED) is 0.581. The molecule has 0 spiro atoms. The SMILES string of the molecule is N#Cc1nc([N+](=O)[O-])ccc1-c1ccccc1. The lowest BCUT2D eigenvalue weighted by Gasteiger charge is -2.00. The summed E-state index contributed by atoms with van der Waals surface area (Å²) in [4.78, 5) is 13.6. The second kappa shape index (κ2) is 4.41. The maximum absolute atomic E-state index is 10.6. The third-order valence-electron chi connectivity index (χ3n) is 2.26. The van der Waals surface area contributed by atoms with Crippen LogP contribution >= 0.6 is 0 Å². The molecule has 0 saturated carbocycles. The van der Waals surface area contributed by atoms with E-state index in [-0.39, 0.29) is 11.5 Å². The molecule has 0 unspecified atom stereocenters. The number of nitro groups is 1. The Kier molecular flexibility index (Phi) is 2.79. The Bertz CT molecular complexity index is 603. The van der Waals surface area contributed by atoms with Crippen LogP contribution in [-0.4, -0.2) is 9.91 Å². The van der Waals surface area contributed by atoms with Crippen LogP contribution in [0.25, 0.3) is 11.1 Å². The number of benzene rings is 1. The Morgan fingerprint density at radius 1 is 1.18 bits per heavy atom. The van der Waals surface area contributed by atoms with Crippen molar-refractivity contribution in [3.63, 3.8) is 0 Å². The van der Waals surface area contributed by atoms with E-state index < -0.39 is 4.92 Å². The molecule has 0 radical (unpaired) electrons. The highest BCUT2D eigenvalue weighted by molar-refractivity contribution is 5.69. The maximum Gasteiger partial charge on any atom is 0.364 e. The van der Waals surface area contributed by atoms with Gasteiger partial charge in [0.2, 0.25) is 0 Å². The summed E-state index contributed by atoms with van der Waals surface area (Å²) in [6.07, 6.45) is 0. The van der Waals surface area contributed by atoms with E-state index >= 15 is 0 Å². The first kappa shape index (κ1) is 10.8. The van der Waals surface area contributed by atoms with Crippen molar-refractivity contribution < 1.29 is 4.92 Å². The largest absolute Gasteiger partial charge is 0.364 e. The van der Waals surface area contributed by atoms with Crippen LogP contribution in [0.4, 0.5) is 5.82 Å². The summed E-state index contributed by atoms with van der Waals surface area (Å²) in [5.74, 6) is -0.318. The Balaban J connectivity index is 2.57. The van der Waals surface area contributed by atoms with Gasteiger partial charge in [0.25, 0.3) is 5.69 Å². The predicted molar refractivity (Wildman–Crippen MR) is 61.0 cm³/mol. The predicted octanol–water partition coefficient (Wildman–Crippen LogP) is 2.53. The normalized spacial score (nSPS) is 9.59. The van der Waals surface area contributed by atoms with Crippen molar-refractivity contribution in [2.45, 2.75) is 0 Å². The summed E-state index contributed by atoms with van der Waals surface area (Å²) in [5.41, 5.74) is 1.47. The van der Waals surface area contributed by atoms with Crippen LogP contribution in [0, 0.1) is 21.4 Å². The minimum atomic E-state index is -0.615. The second-order valence-corrected chi connectivity index (χ2v) is 3.30. The summed E-state index contributed by atoms with van der Waals surface area (Å²) in [7, 11) is 0. The fourth-order valence-corrected chi connectivity index (χ4v) is 1.49. The van der Waals surface area contributed by atoms with Crippen molar-refractivity contribution in [3.05, 3.63) is 58.3 Å². The van der Waals surface area contributed by atoms with Crippen molar-refractivity contribution in [2.75, 3.05) is 0 Å². The molecule has 1 heterocycles. The first-order valence-electron chi connectivity index (χ1n) is 4.83. The van der Waals surface area contributed by atoms with Gasteiger partial charge in [0.05, 0.1) is 0 Å². The number of aromatic nitrogens is 1. The minimum absolute atomic E-state index is 0.0606. The number of pyridine rings is 1. The third kappa shape index (κ3) is 2.11. The van der Waals surface area contributed by atoms with E-state index in [1.165, 1.54) is 6.07 Å². The summed E-state index contributed by atoms with van der Waals surface area (Å²) in [6, 6.07) is 13.9. The van der Waals surface area contributed by atoms with Crippen LogP contribution in [0.1, 0.15) is 5.69 Å². The van der Waals surface area contributed by atoms with Gasteiger partial charge < -0.3 is 10.1 Å². The molecule has 0 saturated heterocycles. The van der Waals surface area contributed by atoms with E-state index in [1.54, 1.807) is 6.07 Å². The standard InChI is InChI=1S/C12H7N3O2/c13-8-11-10(9-4-2-1-3-5-9)6-7-12(14-11)15(16)17/h1-7H.